The molecule has 0 saturated heterocycles. The highest BCUT2D eigenvalue weighted by molar-refractivity contribution is 4.83. The molecule has 0 heterocycles. The molecule has 0 aromatic carbocycles. The van der Waals surface area contributed by atoms with E-state index in [2.05, 4.69) is 38.9 Å². The molecule has 0 aliphatic heterocycles. The van der Waals surface area contributed by atoms with Crippen LogP contribution in [0.4, 0.5) is 0 Å². The van der Waals surface area contributed by atoms with Gasteiger partial charge in [-0.25, -0.2) is 0 Å². The molecular formula is C12H23N. The molecule has 1 nitrogen and oxygen atoms in total. The van der Waals surface area contributed by atoms with Crippen molar-refractivity contribution in [2.24, 2.45) is 5.92 Å². The van der Waals surface area contributed by atoms with Crippen molar-refractivity contribution in [3.63, 3.8) is 0 Å². The number of hydrogen-bond donors (Lipinski definition) is 1. The third kappa shape index (κ3) is 9.43. The van der Waals surface area contributed by atoms with Crippen molar-refractivity contribution in [3.05, 3.63) is 0 Å². The second-order valence-electron chi connectivity index (χ2n) is 4.83. The normalized spacial score (nSPS) is 13.8. The molecule has 0 radical (unpaired) electrons. The Kier molecular flexibility index (Phi) is 5.82. The van der Waals surface area contributed by atoms with Gasteiger partial charge in [0, 0.05) is 12.0 Å². The average molecular weight is 181 g/mol. The van der Waals surface area contributed by atoms with Crippen LogP contribution in [0.3, 0.4) is 0 Å². The van der Waals surface area contributed by atoms with Gasteiger partial charge in [-0.3, -0.25) is 0 Å². The zero-order valence-electron chi connectivity index (χ0n) is 9.48. The highest BCUT2D eigenvalue weighted by Gasteiger charge is 2.10. The summed E-state index contributed by atoms with van der Waals surface area (Å²) in [4.78, 5) is 0. The minimum Gasteiger partial charge on any atom is -0.312 e. The molecule has 1 atom stereocenters. The minimum atomic E-state index is 0.236. The van der Waals surface area contributed by atoms with E-state index in [1.807, 2.05) is 0 Å². The zero-order chi connectivity index (χ0) is 10.3. The summed E-state index contributed by atoms with van der Waals surface area (Å²) in [6.07, 6.45) is 8.49. The molecule has 0 aliphatic carbocycles. The number of rotatable bonds is 5. The van der Waals surface area contributed by atoms with Crippen LogP contribution in [0.25, 0.3) is 0 Å². The van der Waals surface area contributed by atoms with Gasteiger partial charge in [0.2, 0.25) is 0 Å². The number of hydrogen-bond acceptors (Lipinski definition) is 1. The smallest absolute Gasteiger partial charge is 0.00966 e. The lowest BCUT2D eigenvalue weighted by Crippen LogP contribution is -2.38. The molecule has 0 aromatic rings. The van der Waals surface area contributed by atoms with Gasteiger partial charge < -0.3 is 5.32 Å². The molecule has 0 spiro atoms. The molecule has 0 aromatic heterocycles. The maximum absolute atomic E-state index is 5.19. The fourth-order valence-corrected chi connectivity index (χ4v) is 1.14. The van der Waals surface area contributed by atoms with Gasteiger partial charge in [-0.05, 0) is 46.1 Å². The highest BCUT2D eigenvalue weighted by atomic mass is 14.9. The molecule has 1 heteroatoms. The summed E-state index contributed by atoms with van der Waals surface area (Å²) in [5, 5.41) is 3.50. The van der Waals surface area contributed by atoms with Crippen molar-refractivity contribution >= 4 is 0 Å². The molecule has 1 unspecified atom stereocenters. The monoisotopic (exact) mass is 181 g/mol. The summed E-state index contributed by atoms with van der Waals surface area (Å²) in [5.41, 5.74) is 0.236. The van der Waals surface area contributed by atoms with E-state index < -0.39 is 0 Å². The lowest BCUT2D eigenvalue weighted by Gasteiger charge is -2.23. The molecule has 1 N–H and O–H groups in total. The predicted molar refractivity (Wildman–Crippen MR) is 59.6 cm³/mol. The lowest BCUT2D eigenvalue weighted by molar-refractivity contribution is 0.369. The predicted octanol–water partition coefficient (Wildman–Crippen LogP) is 2.81. The highest BCUT2D eigenvalue weighted by Crippen LogP contribution is 2.08. The lowest BCUT2D eigenvalue weighted by atomic mass is 10.0. The van der Waals surface area contributed by atoms with Crippen LogP contribution in [0.5, 0.6) is 0 Å². The van der Waals surface area contributed by atoms with Crippen LogP contribution >= 0.6 is 0 Å². The van der Waals surface area contributed by atoms with E-state index in [0.717, 1.165) is 25.3 Å². The Balaban J connectivity index is 3.42. The van der Waals surface area contributed by atoms with Crippen molar-refractivity contribution < 1.29 is 0 Å². The van der Waals surface area contributed by atoms with Crippen molar-refractivity contribution in [3.8, 4) is 12.3 Å². The Morgan fingerprint density at radius 2 is 2.00 bits per heavy atom. The van der Waals surface area contributed by atoms with Gasteiger partial charge in [0.05, 0.1) is 0 Å². The van der Waals surface area contributed by atoms with Crippen molar-refractivity contribution in [2.45, 2.75) is 52.5 Å². The van der Waals surface area contributed by atoms with Crippen LogP contribution in [0, 0.1) is 18.3 Å². The fourth-order valence-electron chi connectivity index (χ4n) is 1.14. The van der Waals surface area contributed by atoms with Crippen LogP contribution in [0.15, 0.2) is 0 Å². The second kappa shape index (κ2) is 6.05. The maximum Gasteiger partial charge on any atom is 0.00966 e. The molecule has 0 amide bonds. The van der Waals surface area contributed by atoms with Gasteiger partial charge in [-0.2, -0.15) is 0 Å². The first-order chi connectivity index (χ1) is 5.95. The molecule has 13 heavy (non-hydrogen) atoms. The van der Waals surface area contributed by atoms with Crippen LogP contribution in [0.2, 0.25) is 0 Å². The SMILES string of the molecule is C#CCCCC(C)CNC(C)(C)C. The first kappa shape index (κ1) is 12.5. The first-order valence-electron chi connectivity index (χ1n) is 5.14. The summed E-state index contributed by atoms with van der Waals surface area (Å²) in [6, 6.07) is 0. The van der Waals surface area contributed by atoms with Crippen LogP contribution in [-0.2, 0) is 0 Å². The molecular weight excluding hydrogens is 158 g/mol. The Bertz CT molecular complexity index is 159. The molecule has 76 valence electrons. The molecule has 0 rings (SSSR count). The van der Waals surface area contributed by atoms with E-state index >= 15 is 0 Å². The Morgan fingerprint density at radius 3 is 2.46 bits per heavy atom. The number of terminal acetylenes is 1. The zero-order valence-corrected chi connectivity index (χ0v) is 9.48. The third-order valence-electron chi connectivity index (χ3n) is 2.00. The Hall–Kier alpha value is -0.480. The van der Waals surface area contributed by atoms with Crippen molar-refractivity contribution in [1.29, 1.82) is 0 Å². The van der Waals surface area contributed by atoms with E-state index in [1.165, 1.54) is 6.42 Å². The number of nitrogens with one attached hydrogen (secondary N) is 1. The number of unbranched alkanes of at least 4 members (excludes halogenated alkanes) is 1. The van der Waals surface area contributed by atoms with E-state index in [1.54, 1.807) is 0 Å². The molecule has 0 aliphatic rings. The molecule has 0 saturated carbocycles. The topological polar surface area (TPSA) is 12.0 Å². The summed E-state index contributed by atoms with van der Waals surface area (Å²) in [7, 11) is 0. The summed E-state index contributed by atoms with van der Waals surface area (Å²) < 4.78 is 0. The standard InChI is InChI=1S/C12H23N/c1-6-7-8-9-11(2)10-13-12(3,4)5/h1,11,13H,7-10H2,2-5H3. The second-order valence-corrected chi connectivity index (χ2v) is 4.83. The first-order valence-corrected chi connectivity index (χ1v) is 5.14. The average Bonchev–Trinajstić information content (AvgIpc) is 2.00. The third-order valence-corrected chi connectivity index (χ3v) is 2.00. The van der Waals surface area contributed by atoms with Gasteiger partial charge in [0.15, 0.2) is 0 Å². The van der Waals surface area contributed by atoms with E-state index in [-0.39, 0.29) is 5.54 Å². The van der Waals surface area contributed by atoms with Crippen LogP contribution < -0.4 is 5.32 Å². The van der Waals surface area contributed by atoms with Crippen molar-refractivity contribution in [1.82, 2.24) is 5.32 Å². The van der Waals surface area contributed by atoms with Gasteiger partial charge in [0.1, 0.15) is 0 Å². The summed E-state index contributed by atoms with van der Waals surface area (Å²) in [5.74, 6) is 3.40. The van der Waals surface area contributed by atoms with Gasteiger partial charge in [-0.15, -0.1) is 12.3 Å². The Labute approximate surface area is 83.3 Å². The fraction of sp³-hybridized carbons (Fsp3) is 0.833. The molecule has 0 fully saturated rings. The molecule has 0 bridgehead atoms. The summed E-state index contributed by atoms with van der Waals surface area (Å²) >= 11 is 0. The Morgan fingerprint density at radius 1 is 1.38 bits per heavy atom. The quantitative estimate of drug-likeness (QED) is 0.508. The van der Waals surface area contributed by atoms with Gasteiger partial charge in [-0.1, -0.05) is 6.92 Å². The van der Waals surface area contributed by atoms with E-state index in [9.17, 15) is 0 Å². The van der Waals surface area contributed by atoms with Crippen LogP contribution in [-0.4, -0.2) is 12.1 Å². The van der Waals surface area contributed by atoms with Crippen molar-refractivity contribution in [2.75, 3.05) is 6.54 Å². The van der Waals surface area contributed by atoms with E-state index in [4.69, 9.17) is 6.42 Å². The largest absolute Gasteiger partial charge is 0.312 e. The summed E-state index contributed by atoms with van der Waals surface area (Å²) in [6.45, 7) is 9.95. The maximum atomic E-state index is 5.19. The van der Waals surface area contributed by atoms with E-state index in [0.29, 0.717) is 0 Å². The van der Waals surface area contributed by atoms with Gasteiger partial charge in [0.25, 0.3) is 0 Å². The van der Waals surface area contributed by atoms with Crippen LogP contribution in [0.1, 0.15) is 47.0 Å². The van der Waals surface area contributed by atoms with Gasteiger partial charge >= 0.3 is 0 Å². The minimum absolute atomic E-state index is 0.236.